The Balaban J connectivity index is 1.36. The first kappa shape index (κ1) is 29.8. The molecular weight excluding hydrogens is 544 g/mol. The van der Waals surface area contributed by atoms with Crippen molar-refractivity contribution in [2.75, 3.05) is 13.2 Å². The van der Waals surface area contributed by atoms with Gasteiger partial charge in [-0.1, -0.05) is 20.3 Å². The van der Waals surface area contributed by atoms with Gasteiger partial charge in [0.25, 0.3) is 0 Å². The number of carbonyl (C=O) groups excluding carboxylic acids is 3. The van der Waals surface area contributed by atoms with E-state index in [0.717, 1.165) is 51.4 Å². The van der Waals surface area contributed by atoms with Gasteiger partial charge in [0.05, 0.1) is 29.8 Å². The van der Waals surface area contributed by atoms with Crippen LogP contribution < -0.4 is 0 Å². The summed E-state index contributed by atoms with van der Waals surface area (Å²) in [6.07, 6.45) is 13.4. The second-order valence-electron chi connectivity index (χ2n) is 14.3. The molecule has 6 rings (SSSR count). The van der Waals surface area contributed by atoms with Gasteiger partial charge in [-0.3, -0.25) is 14.8 Å². The van der Waals surface area contributed by atoms with E-state index in [0.29, 0.717) is 23.7 Å². The highest BCUT2D eigenvalue weighted by Crippen LogP contribution is 2.75. The maximum atomic E-state index is 13.5. The molecule has 0 aliphatic heterocycles. The quantitative estimate of drug-likeness (QED) is 0.268. The Morgan fingerprint density at radius 3 is 2.19 bits per heavy atom. The van der Waals surface area contributed by atoms with Gasteiger partial charge in [0.1, 0.15) is 6.10 Å². The van der Waals surface area contributed by atoms with Crippen LogP contribution in [0.3, 0.4) is 0 Å². The minimum atomic E-state index is -0.515. The third-order valence-electron chi connectivity index (χ3n) is 12.1. The molecule has 8 nitrogen and oxygen atoms in total. The molecule has 8 heteroatoms. The summed E-state index contributed by atoms with van der Waals surface area (Å²) >= 11 is 0. The maximum Gasteiger partial charge on any atom is 0.340 e. The van der Waals surface area contributed by atoms with Crippen LogP contribution in [0.5, 0.6) is 0 Å². The van der Waals surface area contributed by atoms with E-state index in [1.807, 2.05) is 6.92 Å². The highest BCUT2D eigenvalue weighted by molar-refractivity contribution is 5.89. The Morgan fingerprint density at radius 2 is 1.53 bits per heavy atom. The number of esters is 3. The highest BCUT2D eigenvalue weighted by atomic mass is 16.6. The molecule has 2 bridgehead atoms. The normalized spacial score (nSPS) is 37.9. The molecule has 4 fully saturated rings. The molecule has 0 N–H and O–H groups in total. The van der Waals surface area contributed by atoms with Gasteiger partial charge in [0.2, 0.25) is 0 Å². The van der Waals surface area contributed by atoms with Gasteiger partial charge in [-0.05, 0) is 106 Å². The van der Waals surface area contributed by atoms with Crippen LogP contribution in [0.4, 0.5) is 0 Å². The van der Waals surface area contributed by atoms with E-state index in [9.17, 15) is 14.4 Å². The summed E-state index contributed by atoms with van der Waals surface area (Å²) in [5, 5.41) is 0. The van der Waals surface area contributed by atoms with E-state index in [4.69, 9.17) is 14.2 Å². The summed E-state index contributed by atoms with van der Waals surface area (Å²) in [7, 11) is 0. The number of aromatic nitrogens is 2. The first-order valence-corrected chi connectivity index (χ1v) is 15.9. The number of carbonyl (C=O) groups is 3. The Hall–Kier alpha value is -3.29. The fourth-order valence-corrected chi connectivity index (χ4v) is 10.4. The van der Waals surface area contributed by atoms with Gasteiger partial charge in [0, 0.05) is 36.1 Å². The third kappa shape index (κ3) is 4.76. The Morgan fingerprint density at radius 1 is 0.860 bits per heavy atom. The van der Waals surface area contributed by atoms with Crippen molar-refractivity contribution in [1.82, 2.24) is 9.97 Å². The van der Waals surface area contributed by atoms with Crippen molar-refractivity contribution in [1.29, 1.82) is 0 Å². The summed E-state index contributed by atoms with van der Waals surface area (Å²) in [5.74, 6) is -0.527. The van der Waals surface area contributed by atoms with E-state index >= 15 is 0 Å². The number of hydrogen-bond donors (Lipinski definition) is 0. The first-order valence-electron chi connectivity index (χ1n) is 15.9. The summed E-state index contributed by atoms with van der Waals surface area (Å²) in [5.41, 5.74) is -0.199. The molecule has 2 aromatic heterocycles. The molecule has 43 heavy (non-hydrogen) atoms. The zero-order chi connectivity index (χ0) is 30.5. The number of nitrogens with zero attached hydrogens (tertiary/aromatic N) is 2. The van der Waals surface area contributed by atoms with Crippen LogP contribution in [0.1, 0.15) is 99.8 Å². The van der Waals surface area contributed by atoms with Crippen molar-refractivity contribution in [3.05, 3.63) is 60.2 Å². The minimum absolute atomic E-state index is 0.0702. The SMILES string of the molecule is CCOC(=O)[C@]1(C)CCC[C@@]2(C)C3CC[C@]4(C)C[C@]3(CCC21)[C@H](COC(=O)c1cccnc1)C4OC(=O)c1cccnc1. The number of ether oxygens (including phenoxy) is 3. The van der Waals surface area contributed by atoms with Gasteiger partial charge >= 0.3 is 17.9 Å². The number of rotatable bonds is 7. The van der Waals surface area contributed by atoms with Crippen LogP contribution in [0, 0.1) is 39.4 Å². The van der Waals surface area contributed by atoms with Crippen molar-refractivity contribution in [3.63, 3.8) is 0 Å². The molecule has 0 amide bonds. The Labute approximate surface area is 254 Å². The molecule has 4 saturated carbocycles. The van der Waals surface area contributed by atoms with Crippen molar-refractivity contribution in [2.24, 2.45) is 39.4 Å². The molecule has 4 aliphatic carbocycles. The Bertz CT molecular complexity index is 1370. The summed E-state index contributed by atoms with van der Waals surface area (Å²) in [6.45, 7) is 9.20. The van der Waals surface area contributed by atoms with E-state index < -0.39 is 23.5 Å². The van der Waals surface area contributed by atoms with Gasteiger partial charge < -0.3 is 14.2 Å². The second-order valence-corrected chi connectivity index (χ2v) is 14.3. The van der Waals surface area contributed by atoms with Crippen LogP contribution in [-0.4, -0.2) is 47.2 Å². The zero-order valence-electron chi connectivity index (χ0n) is 25.8. The van der Waals surface area contributed by atoms with E-state index in [-0.39, 0.29) is 40.7 Å². The maximum absolute atomic E-state index is 13.5. The molecule has 2 heterocycles. The van der Waals surface area contributed by atoms with Crippen molar-refractivity contribution >= 4 is 17.9 Å². The lowest BCUT2D eigenvalue weighted by atomic mass is 9.39. The second kappa shape index (κ2) is 11.0. The van der Waals surface area contributed by atoms with Gasteiger partial charge in [0.15, 0.2) is 0 Å². The molecule has 0 aromatic carbocycles. The lowest BCUT2D eigenvalue weighted by Crippen LogP contribution is -2.60. The third-order valence-corrected chi connectivity index (χ3v) is 12.1. The molecule has 1 spiro atoms. The molecule has 4 aliphatic rings. The number of hydrogen-bond acceptors (Lipinski definition) is 8. The summed E-state index contributed by atoms with van der Waals surface area (Å²) in [6, 6.07) is 6.88. The molecule has 0 saturated heterocycles. The molecule has 3 unspecified atom stereocenters. The summed E-state index contributed by atoms with van der Waals surface area (Å²) in [4.78, 5) is 48.3. The number of fused-ring (bicyclic) bond motifs is 3. The zero-order valence-corrected chi connectivity index (χ0v) is 25.8. The Kier molecular flexibility index (Phi) is 7.62. The van der Waals surface area contributed by atoms with E-state index in [1.54, 1.807) is 36.7 Å². The molecular formula is C35H44N2O6. The van der Waals surface area contributed by atoms with Gasteiger partial charge in [-0.2, -0.15) is 0 Å². The van der Waals surface area contributed by atoms with E-state index in [1.165, 1.54) is 12.4 Å². The van der Waals surface area contributed by atoms with E-state index in [2.05, 4.69) is 30.7 Å². The molecule has 0 radical (unpaired) electrons. The standard InChI is InChI=1S/C35H44N2O6/c1-5-41-31(40)34(4)14-8-13-33(3)26(34)12-16-35-22-32(2,15-11-27(33)35)28(43-30(39)24-10-7-18-37-20-24)25(35)21-42-29(38)23-9-6-17-36-19-23/h6-7,9-10,17-20,25-28H,5,8,11-16,21-22H2,1-4H3/t25-,26?,27?,28?,32-,33-,34-,35-/m1/s1. The predicted octanol–water partition coefficient (Wildman–Crippen LogP) is 6.45. The predicted molar refractivity (Wildman–Crippen MR) is 159 cm³/mol. The monoisotopic (exact) mass is 588 g/mol. The smallest absolute Gasteiger partial charge is 0.340 e. The summed E-state index contributed by atoms with van der Waals surface area (Å²) < 4.78 is 18.1. The van der Waals surface area contributed by atoms with Gasteiger partial charge in [-0.25, -0.2) is 9.59 Å². The average molecular weight is 589 g/mol. The van der Waals surface area contributed by atoms with Crippen molar-refractivity contribution in [3.8, 4) is 0 Å². The van der Waals surface area contributed by atoms with Crippen molar-refractivity contribution < 1.29 is 28.6 Å². The molecule has 2 aromatic rings. The first-order chi connectivity index (χ1) is 20.6. The molecule has 230 valence electrons. The van der Waals surface area contributed by atoms with Crippen LogP contribution in [-0.2, 0) is 19.0 Å². The van der Waals surface area contributed by atoms with Crippen LogP contribution >= 0.6 is 0 Å². The lowest BCUT2D eigenvalue weighted by molar-refractivity contribution is -0.193. The van der Waals surface area contributed by atoms with Crippen LogP contribution in [0.25, 0.3) is 0 Å². The average Bonchev–Trinajstić information content (AvgIpc) is 3.17. The topological polar surface area (TPSA) is 105 Å². The van der Waals surface area contributed by atoms with Crippen LogP contribution in [0.2, 0.25) is 0 Å². The van der Waals surface area contributed by atoms with Crippen molar-refractivity contribution in [2.45, 2.75) is 85.2 Å². The number of pyridine rings is 2. The minimum Gasteiger partial charge on any atom is -0.466 e. The fraction of sp³-hybridized carbons (Fsp3) is 0.629. The van der Waals surface area contributed by atoms with Gasteiger partial charge in [-0.15, -0.1) is 0 Å². The largest absolute Gasteiger partial charge is 0.466 e. The fourth-order valence-electron chi connectivity index (χ4n) is 10.4. The van der Waals surface area contributed by atoms with Crippen LogP contribution in [0.15, 0.2) is 49.1 Å². The molecule has 8 atom stereocenters. The highest BCUT2D eigenvalue weighted by Gasteiger charge is 2.72. The lowest BCUT2D eigenvalue weighted by Gasteiger charge is -2.64.